The first-order valence-corrected chi connectivity index (χ1v) is 7.21. The third-order valence-electron chi connectivity index (χ3n) is 4.22. The number of nitrogens with two attached hydrogens (primary N) is 1. The maximum atomic E-state index is 6.31. The summed E-state index contributed by atoms with van der Waals surface area (Å²) in [4.78, 5) is 6.52. The minimum atomic E-state index is 0. The third-order valence-corrected chi connectivity index (χ3v) is 4.22. The van der Waals surface area contributed by atoms with Crippen LogP contribution in [0.5, 0.6) is 0 Å². The lowest BCUT2D eigenvalue weighted by atomic mass is 10.0. The van der Waals surface area contributed by atoms with Gasteiger partial charge in [0, 0.05) is 43.5 Å². The molecule has 5 nitrogen and oxygen atoms in total. The average molecular weight is 308 g/mol. The van der Waals surface area contributed by atoms with Crippen LogP contribution in [-0.2, 0) is 13.0 Å². The first-order chi connectivity index (χ1) is 9.70. The van der Waals surface area contributed by atoms with Gasteiger partial charge in [0.2, 0.25) is 0 Å². The molecule has 21 heavy (non-hydrogen) atoms. The van der Waals surface area contributed by atoms with Crippen LogP contribution in [0.3, 0.4) is 0 Å². The van der Waals surface area contributed by atoms with Crippen molar-refractivity contribution in [2.45, 2.75) is 39.3 Å². The molecular weight excluding hydrogens is 286 g/mol. The molecule has 3 rings (SSSR count). The van der Waals surface area contributed by atoms with Crippen molar-refractivity contribution in [2.24, 2.45) is 0 Å². The number of pyridine rings is 1. The quantitative estimate of drug-likeness (QED) is 0.946. The van der Waals surface area contributed by atoms with Gasteiger partial charge in [-0.05, 0) is 25.5 Å². The number of nitrogen functional groups attached to an aromatic ring is 1. The molecular formula is C15H22ClN5. The van der Waals surface area contributed by atoms with Gasteiger partial charge in [0.05, 0.1) is 11.4 Å². The largest absolute Gasteiger partial charge is 0.383 e. The molecule has 0 aliphatic carbocycles. The first-order valence-electron chi connectivity index (χ1n) is 7.21. The highest BCUT2D eigenvalue weighted by Gasteiger charge is 2.25. The molecule has 0 saturated carbocycles. The molecule has 0 amide bonds. The van der Waals surface area contributed by atoms with E-state index in [-0.39, 0.29) is 12.4 Å². The van der Waals surface area contributed by atoms with Gasteiger partial charge in [-0.3, -0.25) is 9.88 Å². The maximum absolute atomic E-state index is 6.31. The van der Waals surface area contributed by atoms with Crippen LogP contribution in [0.2, 0.25) is 0 Å². The van der Waals surface area contributed by atoms with E-state index in [0.29, 0.717) is 6.04 Å². The second-order valence-corrected chi connectivity index (χ2v) is 5.41. The van der Waals surface area contributed by atoms with Crippen molar-refractivity contribution in [1.82, 2.24) is 19.7 Å². The molecule has 0 fully saturated rings. The Labute approximate surface area is 131 Å². The summed E-state index contributed by atoms with van der Waals surface area (Å²) in [6.07, 6.45) is 5.66. The molecule has 0 spiro atoms. The zero-order valence-corrected chi connectivity index (χ0v) is 13.3. The number of fused-ring (bicyclic) bond motifs is 1. The molecule has 0 radical (unpaired) electrons. The van der Waals surface area contributed by atoms with Gasteiger partial charge >= 0.3 is 0 Å². The third kappa shape index (κ3) is 2.89. The van der Waals surface area contributed by atoms with Crippen LogP contribution in [0.15, 0.2) is 24.5 Å². The summed E-state index contributed by atoms with van der Waals surface area (Å²) in [6, 6.07) is 4.45. The fourth-order valence-electron chi connectivity index (χ4n) is 2.73. The van der Waals surface area contributed by atoms with E-state index in [4.69, 9.17) is 5.73 Å². The van der Waals surface area contributed by atoms with Crippen molar-refractivity contribution in [3.8, 4) is 5.69 Å². The molecule has 2 aromatic rings. The molecule has 0 aromatic carbocycles. The number of aromatic nitrogens is 3. The van der Waals surface area contributed by atoms with Crippen molar-refractivity contribution in [3.05, 3.63) is 35.8 Å². The number of halogens is 1. The van der Waals surface area contributed by atoms with Gasteiger partial charge in [-0.25, -0.2) is 4.68 Å². The molecule has 0 bridgehead atoms. The summed E-state index contributed by atoms with van der Waals surface area (Å²) < 4.78 is 1.84. The standard InChI is InChI=1S/C15H21N5.ClH/c1-3-11(2)19-9-6-14-13(10-19)15(16)20(18-14)12-4-7-17-8-5-12;/h4-5,7-8,11H,3,6,9-10,16H2,1-2H3;1H. The smallest absolute Gasteiger partial charge is 0.132 e. The highest BCUT2D eigenvalue weighted by atomic mass is 35.5. The Kier molecular flexibility index (Phi) is 4.85. The van der Waals surface area contributed by atoms with E-state index in [2.05, 4.69) is 28.8 Å². The molecule has 1 atom stereocenters. The van der Waals surface area contributed by atoms with Gasteiger partial charge in [0.25, 0.3) is 0 Å². The highest BCUT2D eigenvalue weighted by molar-refractivity contribution is 5.85. The van der Waals surface area contributed by atoms with E-state index >= 15 is 0 Å². The van der Waals surface area contributed by atoms with E-state index in [1.807, 2.05) is 16.8 Å². The first kappa shape index (κ1) is 15.8. The summed E-state index contributed by atoms with van der Waals surface area (Å²) >= 11 is 0. The Morgan fingerprint density at radius 2 is 2.05 bits per heavy atom. The van der Waals surface area contributed by atoms with Gasteiger partial charge in [0.15, 0.2) is 0 Å². The summed E-state index contributed by atoms with van der Waals surface area (Å²) in [6.45, 7) is 6.47. The minimum Gasteiger partial charge on any atom is -0.383 e. The van der Waals surface area contributed by atoms with Crippen LogP contribution in [0.4, 0.5) is 5.82 Å². The Morgan fingerprint density at radius 3 is 2.71 bits per heavy atom. The molecule has 2 aromatic heterocycles. The SMILES string of the molecule is CCC(C)N1CCc2nn(-c3ccncc3)c(N)c2C1.Cl. The Bertz CT molecular complexity index is 596. The maximum Gasteiger partial charge on any atom is 0.132 e. The summed E-state index contributed by atoms with van der Waals surface area (Å²) in [5, 5.41) is 4.68. The molecule has 3 heterocycles. The van der Waals surface area contributed by atoms with Crippen molar-refractivity contribution in [2.75, 3.05) is 12.3 Å². The lowest BCUT2D eigenvalue weighted by Crippen LogP contribution is -2.37. The van der Waals surface area contributed by atoms with Crippen molar-refractivity contribution >= 4 is 18.2 Å². The lowest BCUT2D eigenvalue weighted by Gasteiger charge is -2.31. The molecule has 6 heteroatoms. The van der Waals surface area contributed by atoms with E-state index < -0.39 is 0 Å². The molecule has 114 valence electrons. The second-order valence-electron chi connectivity index (χ2n) is 5.41. The van der Waals surface area contributed by atoms with Gasteiger partial charge in [-0.1, -0.05) is 6.92 Å². The number of anilines is 1. The van der Waals surface area contributed by atoms with Crippen LogP contribution in [-0.4, -0.2) is 32.3 Å². The van der Waals surface area contributed by atoms with Crippen LogP contribution in [0.1, 0.15) is 31.5 Å². The van der Waals surface area contributed by atoms with Crippen LogP contribution >= 0.6 is 12.4 Å². The summed E-state index contributed by atoms with van der Waals surface area (Å²) in [7, 11) is 0. The lowest BCUT2D eigenvalue weighted by molar-refractivity contribution is 0.186. The van der Waals surface area contributed by atoms with Crippen molar-refractivity contribution < 1.29 is 0 Å². The van der Waals surface area contributed by atoms with Crippen LogP contribution in [0, 0.1) is 0 Å². The van der Waals surface area contributed by atoms with E-state index in [0.717, 1.165) is 43.1 Å². The predicted octanol–water partition coefficient (Wildman–Crippen LogP) is 2.43. The zero-order valence-electron chi connectivity index (χ0n) is 12.5. The van der Waals surface area contributed by atoms with Crippen molar-refractivity contribution in [1.29, 1.82) is 0 Å². The van der Waals surface area contributed by atoms with E-state index in [1.165, 1.54) is 5.56 Å². The van der Waals surface area contributed by atoms with Crippen molar-refractivity contribution in [3.63, 3.8) is 0 Å². The normalized spacial score (nSPS) is 16.1. The Morgan fingerprint density at radius 1 is 1.33 bits per heavy atom. The van der Waals surface area contributed by atoms with Gasteiger partial charge in [-0.2, -0.15) is 5.10 Å². The number of hydrogen-bond acceptors (Lipinski definition) is 4. The van der Waals surface area contributed by atoms with Gasteiger partial charge in [-0.15, -0.1) is 12.4 Å². The minimum absolute atomic E-state index is 0. The summed E-state index contributed by atoms with van der Waals surface area (Å²) in [5.41, 5.74) is 9.61. The molecule has 1 unspecified atom stereocenters. The van der Waals surface area contributed by atoms with Gasteiger partial charge in [0.1, 0.15) is 5.82 Å². The second kappa shape index (κ2) is 6.45. The number of rotatable bonds is 3. The fourth-order valence-corrected chi connectivity index (χ4v) is 2.73. The molecule has 2 N–H and O–H groups in total. The predicted molar refractivity (Wildman–Crippen MR) is 86.9 cm³/mol. The Hall–Kier alpha value is -1.59. The number of nitrogens with zero attached hydrogens (tertiary/aromatic N) is 4. The average Bonchev–Trinajstić information content (AvgIpc) is 2.84. The molecule has 0 saturated heterocycles. The molecule has 1 aliphatic heterocycles. The van der Waals surface area contributed by atoms with E-state index in [1.54, 1.807) is 12.4 Å². The fraction of sp³-hybridized carbons (Fsp3) is 0.467. The monoisotopic (exact) mass is 307 g/mol. The topological polar surface area (TPSA) is 60.0 Å². The van der Waals surface area contributed by atoms with Crippen LogP contribution < -0.4 is 5.73 Å². The summed E-state index contributed by atoms with van der Waals surface area (Å²) in [5.74, 6) is 0.763. The zero-order chi connectivity index (χ0) is 14.1. The Balaban J connectivity index is 0.00000161. The number of hydrogen-bond donors (Lipinski definition) is 1. The molecule has 1 aliphatic rings. The highest BCUT2D eigenvalue weighted by Crippen LogP contribution is 2.27. The van der Waals surface area contributed by atoms with E-state index in [9.17, 15) is 0 Å². The van der Waals surface area contributed by atoms with Gasteiger partial charge < -0.3 is 5.73 Å². The van der Waals surface area contributed by atoms with Crippen LogP contribution in [0.25, 0.3) is 5.69 Å².